The van der Waals surface area contributed by atoms with E-state index in [4.69, 9.17) is 10.7 Å². The zero-order valence-corrected chi connectivity index (χ0v) is 12.8. The van der Waals surface area contributed by atoms with Crippen LogP contribution in [0.5, 0.6) is 0 Å². The summed E-state index contributed by atoms with van der Waals surface area (Å²) in [5.74, 6) is 2.03. The minimum absolute atomic E-state index is 0.528. The summed E-state index contributed by atoms with van der Waals surface area (Å²) < 4.78 is 2.04. The molecule has 2 heterocycles. The van der Waals surface area contributed by atoms with Crippen LogP contribution >= 0.6 is 0 Å². The van der Waals surface area contributed by atoms with E-state index in [1.54, 1.807) is 0 Å². The molecule has 0 saturated carbocycles. The second-order valence-electron chi connectivity index (χ2n) is 5.80. The molecule has 2 aromatic rings. The molecule has 0 amide bonds. The molecule has 0 atom stereocenters. The van der Waals surface area contributed by atoms with Crippen molar-refractivity contribution in [2.24, 2.45) is 12.8 Å². The van der Waals surface area contributed by atoms with Crippen molar-refractivity contribution in [3.05, 3.63) is 41.1 Å². The number of hydrogen-bond acceptors (Lipinski definition) is 4. The number of aromatic nitrogens is 3. The Labute approximate surface area is 125 Å². The molecule has 0 spiro atoms. The highest BCUT2D eigenvalue weighted by Gasteiger charge is 2.17. The minimum atomic E-state index is 0.528. The molecular formula is C16H23N5. The Kier molecular flexibility index (Phi) is 3.92. The van der Waals surface area contributed by atoms with Crippen molar-refractivity contribution in [3.8, 4) is 0 Å². The van der Waals surface area contributed by atoms with E-state index in [-0.39, 0.29) is 0 Å². The zero-order chi connectivity index (χ0) is 14.8. The molecule has 3 rings (SSSR count). The predicted molar refractivity (Wildman–Crippen MR) is 84.1 cm³/mol. The van der Waals surface area contributed by atoms with Gasteiger partial charge in [0.1, 0.15) is 11.6 Å². The van der Waals surface area contributed by atoms with Gasteiger partial charge in [0.25, 0.3) is 0 Å². The quantitative estimate of drug-likeness (QED) is 0.930. The first-order chi connectivity index (χ1) is 10.2. The van der Waals surface area contributed by atoms with E-state index in [0.29, 0.717) is 6.54 Å². The lowest BCUT2D eigenvalue weighted by Gasteiger charge is -2.24. The van der Waals surface area contributed by atoms with Crippen LogP contribution < -0.4 is 10.6 Å². The topological polar surface area (TPSA) is 60.0 Å². The minimum Gasteiger partial charge on any atom is -0.352 e. The van der Waals surface area contributed by atoms with Crippen LogP contribution in [0.25, 0.3) is 0 Å². The van der Waals surface area contributed by atoms with Crippen LogP contribution in [0.2, 0.25) is 0 Å². The lowest BCUT2D eigenvalue weighted by atomic mass is 9.94. The maximum atomic E-state index is 5.94. The van der Waals surface area contributed by atoms with E-state index in [0.717, 1.165) is 36.6 Å². The first-order valence-corrected chi connectivity index (χ1v) is 7.58. The maximum Gasteiger partial charge on any atom is 0.133 e. The number of hydrogen-bond donors (Lipinski definition) is 1. The molecule has 5 heteroatoms. The van der Waals surface area contributed by atoms with Crippen molar-refractivity contribution in [2.75, 3.05) is 11.9 Å². The molecule has 112 valence electrons. The first-order valence-electron chi connectivity index (χ1n) is 7.58. The summed E-state index contributed by atoms with van der Waals surface area (Å²) in [6.07, 6.45) is 8.52. The summed E-state index contributed by atoms with van der Waals surface area (Å²) in [5.41, 5.74) is 9.70. The van der Waals surface area contributed by atoms with Gasteiger partial charge in [-0.3, -0.25) is 0 Å². The molecule has 0 bridgehead atoms. The Hall–Kier alpha value is -1.88. The van der Waals surface area contributed by atoms with E-state index in [2.05, 4.69) is 23.0 Å². The van der Waals surface area contributed by atoms with Crippen molar-refractivity contribution in [1.82, 2.24) is 14.5 Å². The summed E-state index contributed by atoms with van der Waals surface area (Å²) >= 11 is 0. The highest BCUT2D eigenvalue weighted by molar-refractivity contribution is 5.50. The Morgan fingerprint density at radius 1 is 1.33 bits per heavy atom. The third-order valence-electron chi connectivity index (χ3n) is 4.24. The normalized spacial score (nSPS) is 14.0. The summed E-state index contributed by atoms with van der Waals surface area (Å²) in [5, 5.41) is 0. The van der Waals surface area contributed by atoms with Gasteiger partial charge in [-0.15, -0.1) is 0 Å². The molecule has 0 aromatic carbocycles. The van der Waals surface area contributed by atoms with Crippen molar-refractivity contribution in [3.63, 3.8) is 0 Å². The van der Waals surface area contributed by atoms with Crippen LogP contribution in [0.1, 0.15) is 35.5 Å². The van der Waals surface area contributed by atoms with Gasteiger partial charge < -0.3 is 15.2 Å². The van der Waals surface area contributed by atoms with E-state index in [1.807, 2.05) is 24.0 Å². The summed E-state index contributed by atoms with van der Waals surface area (Å²) in [6.45, 7) is 1.27. The number of pyridine rings is 1. The highest BCUT2D eigenvalue weighted by atomic mass is 15.2. The Morgan fingerprint density at radius 3 is 2.86 bits per heavy atom. The average Bonchev–Trinajstić information content (AvgIpc) is 2.91. The second-order valence-corrected chi connectivity index (χ2v) is 5.80. The van der Waals surface area contributed by atoms with Crippen LogP contribution in [0.15, 0.2) is 18.5 Å². The molecule has 1 aliphatic rings. The van der Waals surface area contributed by atoms with Crippen molar-refractivity contribution in [1.29, 1.82) is 0 Å². The van der Waals surface area contributed by atoms with Gasteiger partial charge >= 0.3 is 0 Å². The van der Waals surface area contributed by atoms with E-state index >= 15 is 0 Å². The first kappa shape index (κ1) is 14.1. The van der Waals surface area contributed by atoms with Crippen LogP contribution in [-0.2, 0) is 33.0 Å². The highest BCUT2D eigenvalue weighted by Crippen LogP contribution is 2.26. The van der Waals surface area contributed by atoms with Gasteiger partial charge in [-0.2, -0.15) is 0 Å². The number of rotatable bonds is 4. The molecule has 0 unspecified atom stereocenters. The molecule has 2 N–H and O–H groups in total. The van der Waals surface area contributed by atoms with Gasteiger partial charge in [-0.05, 0) is 37.3 Å². The van der Waals surface area contributed by atoms with E-state index < -0.39 is 0 Å². The van der Waals surface area contributed by atoms with Crippen molar-refractivity contribution >= 4 is 5.82 Å². The van der Waals surface area contributed by atoms with Gasteiger partial charge in [0.15, 0.2) is 0 Å². The van der Waals surface area contributed by atoms with E-state index in [1.165, 1.54) is 24.1 Å². The van der Waals surface area contributed by atoms with Gasteiger partial charge in [-0.25, -0.2) is 9.97 Å². The third kappa shape index (κ3) is 2.78. The SMILES string of the molecule is CN(Cc1nccn1C)c1nc2c(cc1CN)CCCC2. The Morgan fingerprint density at radius 2 is 2.14 bits per heavy atom. The molecule has 2 aromatic heterocycles. The zero-order valence-electron chi connectivity index (χ0n) is 12.8. The second kappa shape index (κ2) is 5.85. The predicted octanol–water partition coefficient (Wildman–Crippen LogP) is 1.79. The van der Waals surface area contributed by atoms with Gasteiger partial charge in [-0.1, -0.05) is 0 Å². The van der Waals surface area contributed by atoms with Crippen molar-refractivity contribution in [2.45, 2.75) is 38.8 Å². The van der Waals surface area contributed by atoms with Gasteiger partial charge in [0.2, 0.25) is 0 Å². The lowest BCUT2D eigenvalue weighted by molar-refractivity contribution is 0.661. The van der Waals surface area contributed by atoms with Crippen LogP contribution in [0.3, 0.4) is 0 Å². The molecule has 0 radical (unpaired) electrons. The van der Waals surface area contributed by atoms with Crippen LogP contribution in [-0.4, -0.2) is 21.6 Å². The van der Waals surface area contributed by atoms with Crippen LogP contribution in [0, 0.1) is 0 Å². The van der Waals surface area contributed by atoms with Crippen LogP contribution in [0.4, 0.5) is 5.82 Å². The number of imidazole rings is 1. The molecule has 5 nitrogen and oxygen atoms in total. The number of anilines is 1. The number of nitrogens with zero attached hydrogens (tertiary/aromatic N) is 4. The molecule has 0 fully saturated rings. The molecule has 0 aliphatic heterocycles. The smallest absolute Gasteiger partial charge is 0.133 e. The van der Waals surface area contributed by atoms with Crippen molar-refractivity contribution < 1.29 is 0 Å². The standard InChI is InChI=1S/C16H23N5/c1-20-8-7-18-15(20)11-21(2)16-13(10-17)9-12-5-3-4-6-14(12)19-16/h7-9H,3-6,10-11,17H2,1-2H3. The lowest BCUT2D eigenvalue weighted by Crippen LogP contribution is -2.23. The number of nitrogens with two attached hydrogens (primary N) is 1. The monoisotopic (exact) mass is 285 g/mol. The largest absolute Gasteiger partial charge is 0.352 e. The Balaban J connectivity index is 1.91. The third-order valence-corrected chi connectivity index (χ3v) is 4.24. The summed E-state index contributed by atoms with van der Waals surface area (Å²) in [6, 6.07) is 2.26. The fraction of sp³-hybridized carbons (Fsp3) is 0.500. The van der Waals surface area contributed by atoms with E-state index in [9.17, 15) is 0 Å². The number of aryl methyl sites for hydroxylation is 3. The summed E-state index contributed by atoms with van der Waals surface area (Å²) in [7, 11) is 4.08. The van der Waals surface area contributed by atoms with Gasteiger partial charge in [0.05, 0.1) is 6.54 Å². The fourth-order valence-electron chi connectivity index (χ4n) is 2.99. The molecule has 21 heavy (non-hydrogen) atoms. The Bertz CT molecular complexity index is 632. The molecule has 0 saturated heterocycles. The maximum absolute atomic E-state index is 5.94. The van der Waals surface area contributed by atoms with Gasteiger partial charge in [0, 0.05) is 44.3 Å². The summed E-state index contributed by atoms with van der Waals surface area (Å²) in [4.78, 5) is 11.4. The fourth-order valence-corrected chi connectivity index (χ4v) is 2.99. The average molecular weight is 285 g/mol. The molecular weight excluding hydrogens is 262 g/mol. The molecule has 1 aliphatic carbocycles. The number of fused-ring (bicyclic) bond motifs is 1.